The second-order valence-corrected chi connectivity index (χ2v) is 5.35. The summed E-state index contributed by atoms with van der Waals surface area (Å²) in [5.74, 6) is 0.360. The van der Waals surface area contributed by atoms with E-state index in [0.717, 1.165) is 32.4 Å². The number of amides is 2. The van der Waals surface area contributed by atoms with E-state index in [2.05, 4.69) is 11.9 Å². The van der Waals surface area contributed by atoms with Gasteiger partial charge in [0, 0.05) is 6.42 Å². The Balaban J connectivity index is 1.89. The van der Waals surface area contributed by atoms with Crippen molar-refractivity contribution in [3.05, 3.63) is 0 Å². The molecular formula is C13H22N2O3. The van der Waals surface area contributed by atoms with Crippen LogP contribution in [0.2, 0.25) is 0 Å². The monoisotopic (exact) mass is 254 g/mol. The lowest BCUT2D eigenvalue weighted by atomic mass is 9.93. The highest BCUT2D eigenvalue weighted by Crippen LogP contribution is 2.23. The number of carbonyl (C=O) groups is 2. The predicted molar refractivity (Wildman–Crippen MR) is 67.1 cm³/mol. The molecule has 2 rings (SSSR count). The molecular weight excluding hydrogens is 232 g/mol. The molecule has 2 fully saturated rings. The molecule has 102 valence electrons. The average Bonchev–Trinajstić information content (AvgIpc) is 2.73. The molecule has 0 unspecified atom stereocenters. The molecule has 0 N–H and O–H groups in total. The van der Waals surface area contributed by atoms with E-state index in [-0.39, 0.29) is 11.9 Å². The summed E-state index contributed by atoms with van der Waals surface area (Å²) < 4.78 is 4.95. The maximum absolute atomic E-state index is 12.2. The summed E-state index contributed by atoms with van der Waals surface area (Å²) >= 11 is 0. The Bertz CT molecular complexity index is 324. The lowest BCUT2D eigenvalue weighted by Crippen LogP contribution is -2.40. The highest BCUT2D eigenvalue weighted by Gasteiger charge is 2.37. The average molecular weight is 254 g/mol. The molecule has 0 aliphatic carbocycles. The fourth-order valence-corrected chi connectivity index (χ4v) is 2.68. The van der Waals surface area contributed by atoms with E-state index in [1.807, 2.05) is 6.92 Å². The van der Waals surface area contributed by atoms with Crippen molar-refractivity contribution in [1.29, 1.82) is 0 Å². The van der Waals surface area contributed by atoms with Crippen molar-refractivity contribution in [2.45, 2.75) is 38.6 Å². The SMILES string of the molecule is CC[C@H]1COC(=O)N1C(=O)CC1CCN(C)CC1. The zero-order chi connectivity index (χ0) is 13.1. The van der Waals surface area contributed by atoms with E-state index in [9.17, 15) is 9.59 Å². The fraction of sp³-hybridized carbons (Fsp3) is 0.846. The van der Waals surface area contributed by atoms with E-state index < -0.39 is 6.09 Å². The summed E-state index contributed by atoms with van der Waals surface area (Å²) in [4.78, 5) is 27.3. The van der Waals surface area contributed by atoms with Crippen molar-refractivity contribution in [2.75, 3.05) is 26.7 Å². The van der Waals surface area contributed by atoms with Crippen LogP contribution in [0.5, 0.6) is 0 Å². The van der Waals surface area contributed by atoms with Crippen LogP contribution in [-0.2, 0) is 9.53 Å². The van der Waals surface area contributed by atoms with Gasteiger partial charge in [0.2, 0.25) is 5.91 Å². The molecule has 0 aromatic rings. The summed E-state index contributed by atoms with van der Waals surface area (Å²) in [5.41, 5.74) is 0. The lowest BCUT2D eigenvalue weighted by molar-refractivity contribution is -0.130. The summed E-state index contributed by atoms with van der Waals surface area (Å²) in [7, 11) is 2.10. The second-order valence-electron chi connectivity index (χ2n) is 5.35. The number of ether oxygens (including phenoxy) is 1. The molecule has 0 aromatic carbocycles. The first-order valence-electron chi connectivity index (χ1n) is 6.79. The van der Waals surface area contributed by atoms with Crippen LogP contribution in [0.25, 0.3) is 0 Å². The number of likely N-dealkylation sites (tertiary alicyclic amines) is 1. The largest absolute Gasteiger partial charge is 0.447 e. The number of imide groups is 1. The standard InChI is InChI=1S/C13H22N2O3/c1-3-11-9-18-13(17)15(11)12(16)8-10-4-6-14(2)7-5-10/h10-11H,3-9H2,1-2H3/t11-/m0/s1. The molecule has 0 bridgehead atoms. The quantitative estimate of drug-likeness (QED) is 0.765. The van der Waals surface area contributed by atoms with Crippen LogP contribution in [0.15, 0.2) is 0 Å². The third-order valence-corrected chi connectivity index (χ3v) is 4.00. The highest BCUT2D eigenvalue weighted by molar-refractivity contribution is 5.93. The summed E-state index contributed by atoms with van der Waals surface area (Å²) in [6.07, 6.45) is 2.88. The van der Waals surface area contributed by atoms with E-state index in [1.54, 1.807) is 0 Å². The molecule has 0 aromatic heterocycles. The van der Waals surface area contributed by atoms with Gasteiger partial charge in [-0.3, -0.25) is 4.79 Å². The number of hydrogen-bond acceptors (Lipinski definition) is 4. The van der Waals surface area contributed by atoms with Crippen LogP contribution in [0.3, 0.4) is 0 Å². The Morgan fingerprint density at radius 1 is 1.39 bits per heavy atom. The van der Waals surface area contributed by atoms with Gasteiger partial charge in [-0.05, 0) is 45.3 Å². The molecule has 5 nitrogen and oxygen atoms in total. The molecule has 2 amide bonds. The molecule has 2 saturated heterocycles. The number of hydrogen-bond donors (Lipinski definition) is 0. The van der Waals surface area contributed by atoms with Crippen molar-refractivity contribution in [3.63, 3.8) is 0 Å². The molecule has 0 radical (unpaired) electrons. The van der Waals surface area contributed by atoms with Crippen molar-refractivity contribution in [2.24, 2.45) is 5.92 Å². The molecule has 2 aliphatic heterocycles. The van der Waals surface area contributed by atoms with Gasteiger partial charge < -0.3 is 9.64 Å². The smallest absolute Gasteiger partial charge is 0.416 e. The zero-order valence-electron chi connectivity index (χ0n) is 11.2. The number of cyclic esters (lactones) is 1. The van der Waals surface area contributed by atoms with Gasteiger partial charge in [0.1, 0.15) is 6.61 Å². The summed E-state index contributed by atoms with van der Waals surface area (Å²) in [6, 6.07) is -0.0590. The van der Waals surface area contributed by atoms with E-state index in [1.165, 1.54) is 4.90 Å². The summed E-state index contributed by atoms with van der Waals surface area (Å²) in [6.45, 7) is 4.41. The maximum atomic E-state index is 12.2. The first-order chi connectivity index (χ1) is 8.61. The van der Waals surface area contributed by atoms with Crippen molar-refractivity contribution < 1.29 is 14.3 Å². The molecule has 5 heteroatoms. The molecule has 18 heavy (non-hydrogen) atoms. The van der Waals surface area contributed by atoms with E-state index in [4.69, 9.17) is 4.74 Å². The van der Waals surface area contributed by atoms with Crippen molar-refractivity contribution in [1.82, 2.24) is 9.80 Å². The number of piperidine rings is 1. The van der Waals surface area contributed by atoms with Crippen LogP contribution in [0.4, 0.5) is 4.79 Å². The first-order valence-corrected chi connectivity index (χ1v) is 6.79. The number of rotatable bonds is 3. The van der Waals surface area contributed by atoms with Gasteiger partial charge in [-0.25, -0.2) is 9.69 Å². The fourth-order valence-electron chi connectivity index (χ4n) is 2.68. The minimum Gasteiger partial charge on any atom is -0.447 e. The predicted octanol–water partition coefficient (Wildman–Crippen LogP) is 1.48. The highest BCUT2D eigenvalue weighted by atomic mass is 16.6. The third-order valence-electron chi connectivity index (χ3n) is 4.00. The van der Waals surface area contributed by atoms with Crippen LogP contribution in [0.1, 0.15) is 32.6 Å². The Kier molecular flexibility index (Phi) is 4.22. The molecule has 2 heterocycles. The minimum absolute atomic E-state index is 0.0566. The van der Waals surface area contributed by atoms with Crippen LogP contribution in [-0.4, -0.2) is 54.6 Å². The van der Waals surface area contributed by atoms with Crippen LogP contribution >= 0.6 is 0 Å². The Labute approximate surface area is 108 Å². The van der Waals surface area contributed by atoms with Crippen molar-refractivity contribution in [3.8, 4) is 0 Å². The van der Waals surface area contributed by atoms with Gasteiger partial charge >= 0.3 is 6.09 Å². The Hall–Kier alpha value is -1.10. The van der Waals surface area contributed by atoms with Gasteiger partial charge in [0.05, 0.1) is 6.04 Å². The molecule has 2 aliphatic rings. The molecule has 0 saturated carbocycles. The zero-order valence-corrected chi connectivity index (χ0v) is 11.2. The second kappa shape index (κ2) is 5.69. The topological polar surface area (TPSA) is 49.9 Å². The normalized spacial score (nSPS) is 26.4. The van der Waals surface area contributed by atoms with E-state index >= 15 is 0 Å². The minimum atomic E-state index is -0.459. The molecule has 0 spiro atoms. The van der Waals surface area contributed by atoms with Crippen LogP contribution < -0.4 is 0 Å². The summed E-state index contributed by atoms with van der Waals surface area (Å²) in [5, 5.41) is 0. The molecule has 1 atom stereocenters. The van der Waals surface area contributed by atoms with E-state index in [0.29, 0.717) is 18.9 Å². The van der Waals surface area contributed by atoms with Gasteiger partial charge in [0.15, 0.2) is 0 Å². The Morgan fingerprint density at radius 2 is 2.06 bits per heavy atom. The number of carbonyl (C=O) groups excluding carboxylic acids is 2. The van der Waals surface area contributed by atoms with Gasteiger partial charge in [-0.1, -0.05) is 6.92 Å². The lowest BCUT2D eigenvalue weighted by Gasteiger charge is -2.29. The first kappa shape index (κ1) is 13.3. The van der Waals surface area contributed by atoms with Gasteiger partial charge in [-0.2, -0.15) is 0 Å². The maximum Gasteiger partial charge on any atom is 0.416 e. The van der Waals surface area contributed by atoms with Gasteiger partial charge in [-0.15, -0.1) is 0 Å². The third kappa shape index (κ3) is 2.83. The van der Waals surface area contributed by atoms with Crippen molar-refractivity contribution >= 4 is 12.0 Å². The number of nitrogens with zero attached hydrogens (tertiary/aromatic N) is 2. The van der Waals surface area contributed by atoms with Crippen LogP contribution in [0, 0.1) is 5.92 Å². The Morgan fingerprint density at radius 3 is 2.67 bits per heavy atom. The van der Waals surface area contributed by atoms with Gasteiger partial charge in [0.25, 0.3) is 0 Å².